The van der Waals surface area contributed by atoms with Crippen molar-refractivity contribution in [3.8, 4) is 27.9 Å². The van der Waals surface area contributed by atoms with Gasteiger partial charge in [-0.2, -0.15) is 0 Å². The van der Waals surface area contributed by atoms with Crippen LogP contribution in [0.25, 0.3) is 71.3 Å². The zero-order valence-corrected chi connectivity index (χ0v) is 35.6. The van der Waals surface area contributed by atoms with Crippen molar-refractivity contribution in [2.45, 2.75) is 5.41 Å². The zero-order chi connectivity index (χ0) is 42.9. The number of benzene rings is 11. The lowest BCUT2D eigenvalue weighted by Gasteiger charge is -2.35. The summed E-state index contributed by atoms with van der Waals surface area (Å²) in [6, 6.07) is 94.0. The van der Waals surface area contributed by atoms with E-state index in [4.69, 9.17) is 0 Å². The minimum atomic E-state index is -0.515. The van der Waals surface area contributed by atoms with E-state index >= 15 is 0 Å². The lowest BCUT2D eigenvalue weighted by Crippen LogP contribution is -2.28. The van der Waals surface area contributed by atoms with Crippen LogP contribution in [0.5, 0.6) is 0 Å². The second-order valence-corrected chi connectivity index (χ2v) is 17.3. The number of rotatable bonds is 7. The van der Waals surface area contributed by atoms with E-state index in [1.807, 2.05) is 0 Å². The summed E-state index contributed by atoms with van der Waals surface area (Å²) in [5.41, 5.74) is 16.3. The minimum absolute atomic E-state index is 0.515. The Kier molecular flexibility index (Phi) is 8.47. The van der Waals surface area contributed by atoms with Crippen molar-refractivity contribution in [3.05, 3.63) is 277 Å². The monoisotopic (exact) mass is 826 g/mol. The van der Waals surface area contributed by atoms with Crippen LogP contribution in [0.2, 0.25) is 0 Å². The Bertz CT molecular complexity index is 3730. The maximum absolute atomic E-state index is 2.46. The summed E-state index contributed by atoms with van der Waals surface area (Å²) in [5.74, 6) is 0. The van der Waals surface area contributed by atoms with E-state index in [0.717, 1.165) is 28.3 Å². The lowest BCUT2D eigenvalue weighted by molar-refractivity contribution is 0.768. The number of hydrogen-bond acceptors (Lipinski definition) is 1. The molecular formula is C63H42N2. The van der Waals surface area contributed by atoms with Crippen LogP contribution in [0.1, 0.15) is 22.3 Å². The fourth-order valence-electron chi connectivity index (χ4n) is 11.0. The molecule has 0 unspecified atom stereocenters. The van der Waals surface area contributed by atoms with Gasteiger partial charge in [0, 0.05) is 38.9 Å². The first kappa shape index (κ1) is 37.1. The highest BCUT2D eigenvalue weighted by atomic mass is 15.1. The van der Waals surface area contributed by atoms with Crippen molar-refractivity contribution in [1.29, 1.82) is 0 Å². The molecule has 1 aliphatic carbocycles. The van der Waals surface area contributed by atoms with Crippen LogP contribution in [0.3, 0.4) is 0 Å². The van der Waals surface area contributed by atoms with Crippen LogP contribution < -0.4 is 4.90 Å². The molecule has 1 heterocycles. The van der Waals surface area contributed by atoms with Crippen LogP contribution >= 0.6 is 0 Å². The summed E-state index contributed by atoms with van der Waals surface area (Å²) in [5, 5.41) is 7.41. The first-order chi connectivity index (χ1) is 32.2. The molecule has 304 valence electrons. The largest absolute Gasteiger partial charge is 0.310 e. The molecule has 0 fully saturated rings. The quantitative estimate of drug-likeness (QED) is 0.155. The molecule has 0 spiro atoms. The summed E-state index contributed by atoms with van der Waals surface area (Å²) >= 11 is 0. The van der Waals surface area contributed by atoms with Crippen molar-refractivity contribution in [2.75, 3.05) is 4.90 Å². The molecule has 2 nitrogen and oxygen atoms in total. The predicted octanol–water partition coefficient (Wildman–Crippen LogP) is 16.6. The van der Waals surface area contributed by atoms with Gasteiger partial charge in [-0.1, -0.05) is 200 Å². The molecule has 0 atom stereocenters. The van der Waals surface area contributed by atoms with E-state index in [1.54, 1.807) is 0 Å². The minimum Gasteiger partial charge on any atom is -0.310 e. The van der Waals surface area contributed by atoms with Crippen LogP contribution in [0, 0.1) is 0 Å². The van der Waals surface area contributed by atoms with Crippen molar-refractivity contribution < 1.29 is 0 Å². The first-order valence-electron chi connectivity index (χ1n) is 22.5. The van der Waals surface area contributed by atoms with E-state index < -0.39 is 5.41 Å². The van der Waals surface area contributed by atoms with Gasteiger partial charge < -0.3 is 9.47 Å². The van der Waals surface area contributed by atoms with Crippen LogP contribution in [-0.2, 0) is 5.41 Å². The van der Waals surface area contributed by atoms with Gasteiger partial charge >= 0.3 is 0 Å². The topological polar surface area (TPSA) is 8.17 Å². The first-order valence-corrected chi connectivity index (χ1v) is 22.5. The molecule has 0 radical (unpaired) electrons. The fraction of sp³-hybridized carbons (Fsp3) is 0.0159. The zero-order valence-electron chi connectivity index (χ0n) is 35.6. The number of aromatic nitrogens is 1. The van der Waals surface area contributed by atoms with Gasteiger partial charge in [0.1, 0.15) is 0 Å². The molecule has 0 saturated carbocycles. The molecule has 0 bridgehead atoms. The highest BCUT2D eigenvalue weighted by Crippen LogP contribution is 2.57. The molecule has 65 heavy (non-hydrogen) atoms. The van der Waals surface area contributed by atoms with Gasteiger partial charge in [-0.05, 0) is 115 Å². The summed E-state index contributed by atoms with van der Waals surface area (Å²) in [6.45, 7) is 0. The molecule has 12 aromatic rings. The smallest absolute Gasteiger partial charge is 0.0714 e. The molecule has 0 amide bonds. The molecule has 11 aromatic carbocycles. The van der Waals surface area contributed by atoms with Crippen molar-refractivity contribution in [3.63, 3.8) is 0 Å². The van der Waals surface area contributed by atoms with E-state index in [-0.39, 0.29) is 0 Å². The van der Waals surface area contributed by atoms with E-state index in [9.17, 15) is 0 Å². The second-order valence-electron chi connectivity index (χ2n) is 17.3. The van der Waals surface area contributed by atoms with Gasteiger partial charge in [-0.3, -0.25) is 0 Å². The molecule has 0 saturated heterocycles. The third kappa shape index (κ3) is 5.74. The molecule has 0 N–H and O–H groups in total. The summed E-state index contributed by atoms with van der Waals surface area (Å²) in [7, 11) is 0. The number of nitrogens with zero attached hydrogens (tertiary/aromatic N) is 2. The summed E-state index contributed by atoms with van der Waals surface area (Å²) in [6.07, 6.45) is 0. The Labute approximate surface area is 378 Å². The van der Waals surface area contributed by atoms with Gasteiger partial charge in [0.2, 0.25) is 0 Å². The van der Waals surface area contributed by atoms with E-state index in [2.05, 4.69) is 264 Å². The Morgan fingerprint density at radius 1 is 0.323 bits per heavy atom. The molecule has 1 aliphatic rings. The average molecular weight is 827 g/mol. The SMILES string of the molecule is c1ccc(-n2c3cc(-c4cccc(N(c5ccc6c(c5)C(c5ccccc5)(c5ccccc5)c5ccccc5-6)c5ccc6ccccc6c5)c4)ccc3c3ccc4ccccc4c32)cc1. The van der Waals surface area contributed by atoms with Crippen molar-refractivity contribution in [1.82, 2.24) is 4.57 Å². The van der Waals surface area contributed by atoms with Crippen LogP contribution in [-0.4, -0.2) is 4.57 Å². The maximum atomic E-state index is 2.46. The third-order valence-electron chi connectivity index (χ3n) is 13.8. The van der Waals surface area contributed by atoms with Gasteiger partial charge in [-0.15, -0.1) is 0 Å². The van der Waals surface area contributed by atoms with Gasteiger partial charge in [0.05, 0.1) is 16.4 Å². The summed E-state index contributed by atoms with van der Waals surface area (Å²) < 4.78 is 2.45. The second kappa shape index (κ2) is 14.8. The number of fused-ring (bicyclic) bond motifs is 9. The van der Waals surface area contributed by atoms with Crippen LogP contribution in [0.4, 0.5) is 17.1 Å². The van der Waals surface area contributed by atoms with E-state index in [1.165, 1.54) is 82.3 Å². The fourth-order valence-corrected chi connectivity index (χ4v) is 11.0. The molecule has 13 rings (SSSR count). The standard InChI is InChI=1S/C63H42N2/c1-4-21-48(22-5-1)63(49-23-6-2-7-24-49)59-30-15-14-29-55(59)56-38-35-53(42-60(56)63)64(52-34-31-43-17-10-11-19-45(43)39-52)51-27-16-20-46(40-51)47-33-36-57-58-37-32-44-18-12-13-28-54(44)62(58)65(61(57)41-47)50-25-8-3-9-26-50/h1-42H. The third-order valence-corrected chi connectivity index (χ3v) is 13.8. The van der Waals surface area contributed by atoms with Crippen LogP contribution in [0.15, 0.2) is 255 Å². The molecule has 1 aromatic heterocycles. The normalized spacial score (nSPS) is 12.7. The Morgan fingerprint density at radius 3 is 1.71 bits per heavy atom. The highest BCUT2D eigenvalue weighted by molar-refractivity contribution is 6.19. The molecule has 2 heteroatoms. The highest BCUT2D eigenvalue weighted by Gasteiger charge is 2.46. The maximum Gasteiger partial charge on any atom is 0.0714 e. The molecule has 0 aliphatic heterocycles. The summed E-state index contributed by atoms with van der Waals surface area (Å²) in [4.78, 5) is 2.45. The predicted molar refractivity (Wildman–Crippen MR) is 273 cm³/mol. The number of anilines is 3. The van der Waals surface area contributed by atoms with Crippen molar-refractivity contribution >= 4 is 60.4 Å². The Hall–Kier alpha value is -8.46. The van der Waals surface area contributed by atoms with Gasteiger partial charge in [-0.25, -0.2) is 0 Å². The van der Waals surface area contributed by atoms with Crippen molar-refractivity contribution in [2.24, 2.45) is 0 Å². The number of para-hydroxylation sites is 1. The number of hydrogen-bond donors (Lipinski definition) is 0. The van der Waals surface area contributed by atoms with E-state index in [0.29, 0.717) is 0 Å². The van der Waals surface area contributed by atoms with Gasteiger partial charge in [0.25, 0.3) is 0 Å². The Balaban J connectivity index is 1.03. The van der Waals surface area contributed by atoms with Gasteiger partial charge in [0.15, 0.2) is 0 Å². The lowest BCUT2D eigenvalue weighted by atomic mass is 9.67. The average Bonchev–Trinajstić information content (AvgIpc) is 3.88. The molecular weight excluding hydrogens is 785 g/mol. The Morgan fingerprint density at radius 2 is 0.908 bits per heavy atom.